The summed E-state index contributed by atoms with van der Waals surface area (Å²) in [6, 6.07) is 0. The first-order chi connectivity index (χ1) is 9.06. The van der Waals surface area contributed by atoms with Gasteiger partial charge in [-0.1, -0.05) is 12.8 Å². The van der Waals surface area contributed by atoms with E-state index in [-0.39, 0.29) is 24.8 Å². The zero-order valence-electron chi connectivity index (χ0n) is 11.3. The minimum absolute atomic E-state index is 0.110. The molecule has 1 fully saturated rings. The molecule has 0 aliphatic heterocycles. The van der Waals surface area contributed by atoms with Gasteiger partial charge in [0, 0.05) is 19.5 Å². The van der Waals surface area contributed by atoms with Gasteiger partial charge in [0.15, 0.2) is 0 Å². The van der Waals surface area contributed by atoms with Crippen LogP contribution >= 0.6 is 0 Å². The molecular formula is C13H22N2O4. The van der Waals surface area contributed by atoms with Crippen LogP contribution in [0.5, 0.6) is 0 Å². The summed E-state index contributed by atoms with van der Waals surface area (Å²) in [6.07, 6.45) is 3.15. The number of nitrogens with one attached hydrogen (secondary N) is 2. The third-order valence-electron chi connectivity index (χ3n) is 3.45. The zero-order chi connectivity index (χ0) is 14.3. The predicted molar refractivity (Wildman–Crippen MR) is 69.4 cm³/mol. The molecule has 3 N–H and O–H groups in total. The van der Waals surface area contributed by atoms with Gasteiger partial charge in [0.25, 0.3) is 0 Å². The number of rotatable bonds is 6. The highest BCUT2D eigenvalue weighted by Crippen LogP contribution is 2.30. The van der Waals surface area contributed by atoms with E-state index in [0.717, 1.165) is 12.8 Å². The van der Waals surface area contributed by atoms with Gasteiger partial charge in [0.05, 0.1) is 11.8 Å². The molecule has 0 heterocycles. The van der Waals surface area contributed by atoms with Crippen LogP contribution in [0.4, 0.5) is 0 Å². The van der Waals surface area contributed by atoms with Gasteiger partial charge in [0.2, 0.25) is 11.8 Å². The van der Waals surface area contributed by atoms with E-state index in [1.54, 1.807) is 0 Å². The van der Waals surface area contributed by atoms with Crippen LogP contribution in [-0.2, 0) is 14.4 Å². The highest BCUT2D eigenvalue weighted by Gasteiger charge is 2.35. The van der Waals surface area contributed by atoms with E-state index in [4.69, 9.17) is 5.11 Å². The summed E-state index contributed by atoms with van der Waals surface area (Å²) in [5, 5.41) is 14.4. The van der Waals surface area contributed by atoms with Crippen LogP contribution in [0.3, 0.4) is 0 Å². The maximum Gasteiger partial charge on any atom is 0.307 e. The van der Waals surface area contributed by atoms with Gasteiger partial charge in [0.1, 0.15) is 0 Å². The minimum Gasteiger partial charge on any atom is -0.481 e. The molecule has 108 valence electrons. The lowest BCUT2D eigenvalue weighted by molar-refractivity contribution is -0.149. The lowest BCUT2D eigenvalue weighted by Gasteiger charge is -2.27. The smallest absolute Gasteiger partial charge is 0.307 e. The number of carbonyl (C=O) groups is 3. The monoisotopic (exact) mass is 270 g/mol. The molecule has 19 heavy (non-hydrogen) atoms. The summed E-state index contributed by atoms with van der Waals surface area (Å²) in [6.45, 7) is 2.65. The number of carboxylic acids is 1. The van der Waals surface area contributed by atoms with Crippen LogP contribution in [0.15, 0.2) is 0 Å². The number of carboxylic acid groups (broad SMARTS) is 1. The Labute approximate surface area is 112 Å². The fourth-order valence-electron chi connectivity index (χ4n) is 2.46. The highest BCUT2D eigenvalue weighted by atomic mass is 16.4. The number of amides is 2. The summed E-state index contributed by atoms with van der Waals surface area (Å²) in [4.78, 5) is 34.3. The Morgan fingerprint density at radius 1 is 1.11 bits per heavy atom. The maximum absolute atomic E-state index is 11.9. The van der Waals surface area contributed by atoms with Crippen LogP contribution in [-0.4, -0.2) is 36.0 Å². The predicted octanol–water partition coefficient (Wildman–Crippen LogP) is 0.520. The van der Waals surface area contributed by atoms with Crippen LogP contribution in [0.1, 0.15) is 39.0 Å². The fourth-order valence-corrected chi connectivity index (χ4v) is 2.46. The van der Waals surface area contributed by atoms with Gasteiger partial charge in [-0.05, 0) is 19.8 Å². The molecule has 2 amide bonds. The molecule has 1 rings (SSSR count). The summed E-state index contributed by atoms with van der Waals surface area (Å²) < 4.78 is 0. The van der Waals surface area contributed by atoms with Crippen molar-refractivity contribution in [3.8, 4) is 0 Å². The van der Waals surface area contributed by atoms with Gasteiger partial charge in [-0.15, -0.1) is 0 Å². The molecule has 2 atom stereocenters. The van der Waals surface area contributed by atoms with E-state index in [2.05, 4.69) is 10.6 Å². The Morgan fingerprint density at radius 2 is 1.74 bits per heavy atom. The number of hydrogen-bond acceptors (Lipinski definition) is 3. The van der Waals surface area contributed by atoms with E-state index >= 15 is 0 Å². The van der Waals surface area contributed by atoms with Crippen LogP contribution in [0.25, 0.3) is 0 Å². The van der Waals surface area contributed by atoms with Gasteiger partial charge < -0.3 is 15.7 Å². The van der Waals surface area contributed by atoms with Crippen molar-refractivity contribution in [3.05, 3.63) is 0 Å². The minimum atomic E-state index is -0.899. The average molecular weight is 270 g/mol. The third-order valence-corrected chi connectivity index (χ3v) is 3.45. The molecule has 0 saturated heterocycles. The van der Waals surface area contributed by atoms with Crippen molar-refractivity contribution in [3.63, 3.8) is 0 Å². The Kier molecular flexibility index (Phi) is 6.32. The van der Waals surface area contributed by atoms with E-state index < -0.39 is 17.8 Å². The van der Waals surface area contributed by atoms with Crippen LogP contribution in [0.2, 0.25) is 0 Å². The normalized spacial score (nSPS) is 22.6. The largest absolute Gasteiger partial charge is 0.481 e. The standard InChI is InChI=1S/C13H22N2O4/c1-2-14-11(16)7-8-15-12(17)9-5-3-4-6-10(9)13(18)19/h9-10H,2-8H2,1H3,(H,14,16)(H,15,17)(H,18,19)/t9-,10+/m1/s1. The van der Waals surface area contributed by atoms with Crippen molar-refractivity contribution >= 4 is 17.8 Å². The first-order valence-electron chi connectivity index (χ1n) is 6.83. The molecule has 0 bridgehead atoms. The molecule has 0 aromatic carbocycles. The van der Waals surface area contributed by atoms with Gasteiger partial charge >= 0.3 is 5.97 Å². The summed E-state index contributed by atoms with van der Waals surface area (Å²) in [7, 11) is 0. The average Bonchev–Trinajstić information content (AvgIpc) is 2.38. The molecule has 6 nitrogen and oxygen atoms in total. The van der Waals surface area contributed by atoms with E-state index in [1.165, 1.54) is 0 Å². The molecule has 0 radical (unpaired) electrons. The second-order valence-electron chi connectivity index (χ2n) is 4.83. The molecule has 0 unspecified atom stereocenters. The quantitative estimate of drug-likeness (QED) is 0.655. The fraction of sp³-hybridized carbons (Fsp3) is 0.769. The Hall–Kier alpha value is -1.59. The summed E-state index contributed by atoms with van der Waals surface area (Å²) >= 11 is 0. The molecule has 1 saturated carbocycles. The molecule has 1 aliphatic carbocycles. The van der Waals surface area contributed by atoms with Crippen molar-refractivity contribution in [1.29, 1.82) is 0 Å². The molecule has 1 aliphatic rings. The van der Waals surface area contributed by atoms with E-state index in [0.29, 0.717) is 19.4 Å². The number of hydrogen-bond donors (Lipinski definition) is 3. The molecule has 0 aromatic heterocycles. The van der Waals surface area contributed by atoms with Crippen LogP contribution < -0.4 is 10.6 Å². The SMILES string of the molecule is CCNC(=O)CCNC(=O)[C@@H]1CCCC[C@@H]1C(=O)O. The highest BCUT2D eigenvalue weighted by molar-refractivity contribution is 5.85. The van der Waals surface area contributed by atoms with Crippen molar-refractivity contribution in [1.82, 2.24) is 10.6 Å². The van der Waals surface area contributed by atoms with Crippen molar-refractivity contribution in [2.75, 3.05) is 13.1 Å². The third kappa shape index (κ3) is 4.89. The first-order valence-corrected chi connectivity index (χ1v) is 6.83. The molecule has 0 aromatic rings. The lowest BCUT2D eigenvalue weighted by Crippen LogP contribution is -2.41. The van der Waals surface area contributed by atoms with Crippen molar-refractivity contribution in [2.45, 2.75) is 39.0 Å². The first kappa shape index (κ1) is 15.5. The number of aliphatic carboxylic acids is 1. The van der Waals surface area contributed by atoms with E-state index in [1.807, 2.05) is 6.92 Å². The molecular weight excluding hydrogens is 248 g/mol. The second-order valence-corrected chi connectivity index (χ2v) is 4.83. The Balaban J connectivity index is 2.38. The zero-order valence-corrected chi connectivity index (χ0v) is 11.3. The van der Waals surface area contributed by atoms with E-state index in [9.17, 15) is 14.4 Å². The Bertz CT molecular complexity index is 344. The van der Waals surface area contributed by atoms with Crippen molar-refractivity contribution < 1.29 is 19.5 Å². The van der Waals surface area contributed by atoms with Gasteiger partial charge in [-0.25, -0.2) is 0 Å². The summed E-state index contributed by atoms with van der Waals surface area (Å²) in [5.41, 5.74) is 0. The van der Waals surface area contributed by atoms with Gasteiger partial charge in [-0.2, -0.15) is 0 Å². The topological polar surface area (TPSA) is 95.5 Å². The van der Waals surface area contributed by atoms with Crippen molar-refractivity contribution in [2.24, 2.45) is 11.8 Å². The maximum atomic E-state index is 11.9. The Morgan fingerprint density at radius 3 is 2.32 bits per heavy atom. The molecule has 0 spiro atoms. The van der Waals surface area contributed by atoms with Crippen LogP contribution in [0, 0.1) is 11.8 Å². The molecule has 6 heteroatoms. The second kappa shape index (κ2) is 7.76. The number of carbonyl (C=O) groups excluding carboxylic acids is 2. The lowest BCUT2D eigenvalue weighted by atomic mass is 9.78. The summed E-state index contributed by atoms with van der Waals surface area (Å²) in [5.74, 6) is -2.29. The van der Waals surface area contributed by atoms with Gasteiger partial charge in [-0.3, -0.25) is 14.4 Å².